The molecule has 102 valence electrons. The molecule has 0 aromatic heterocycles. The van der Waals surface area contributed by atoms with Crippen molar-refractivity contribution in [1.29, 1.82) is 0 Å². The Bertz CT molecular complexity index is 468. The smallest absolute Gasteiger partial charge is 0.303 e. The SMILES string of the molecule is CC(=O)O[C@H](C1=N[C@H](C(C)C)CO1)c1ccccc1. The van der Waals surface area contributed by atoms with Crippen LogP contribution < -0.4 is 0 Å². The molecule has 0 bridgehead atoms. The minimum atomic E-state index is -0.539. The van der Waals surface area contributed by atoms with Crippen LogP contribution in [0.25, 0.3) is 0 Å². The predicted molar refractivity (Wildman–Crippen MR) is 73.0 cm³/mol. The van der Waals surface area contributed by atoms with E-state index in [-0.39, 0.29) is 12.0 Å². The second-order valence-corrected chi connectivity index (χ2v) is 4.99. The molecule has 0 saturated carbocycles. The van der Waals surface area contributed by atoms with Crippen molar-refractivity contribution >= 4 is 11.9 Å². The molecule has 4 nitrogen and oxygen atoms in total. The van der Waals surface area contributed by atoms with Crippen LogP contribution in [0.4, 0.5) is 0 Å². The molecule has 0 radical (unpaired) electrons. The molecule has 1 aliphatic rings. The highest BCUT2D eigenvalue weighted by molar-refractivity contribution is 5.85. The van der Waals surface area contributed by atoms with Gasteiger partial charge in [0, 0.05) is 12.5 Å². The van der Waals surface area contributed by atoms with Crippen molar-refractivity contribution in [1.82, 2.24) is 0 Å². The fraction of sp³-hybridized carbons (Fsp3) is 0.467. The third-order valence-corrected chi connectivity index (χ3v) is 3.08. The van der Waals surface area contributed by atoms with Gasteiger partial charge in [0.05, 0.1) is 6.04 Å². The van der Waals surface area contributed by atoms with E-state index in [2.05, 4.69) is 18.8 Å². The number of carbonyl (C=O) groups is 1. The monoisotopic (exact) mass is 261 g/mol. The van der Waals surface area contributed by atoms with Gasteiger partial charge >= 0.3 is 5.97 Å². The Morgan fingerprint density at radius 2 is 2.05 bits per heavy atom. The second kappa shape index (κ2) is 5.87. The summed E-state index contributed by atoms with van der Waals surface area (Å²) in [6.07, 6.45) is -0.539. The Balaban J connectivity index is 2.24. The van der Waals surface area contributed by atoms with E-state index in [9.17, 15) is 4.79 Å². The molecule has 1 aliphatic heterocycles. The maximum atomic E-state index is 11.3. The molecular weight excluding hydrogens is 242 g/mol. The van der Waals surface area contributed by atoms with E-state index in [1.54, 1.807) is 0 Å². The number of hydrogen-bond donors (Lipinski definition) is 0. The van der Waals surface area contributed by atoms with Crippen LogP contribution in [0.2, 0.25) is 0 Å². The van der Waals surface area contributed by atoms with Gasteiger partial charge in [-0.3, -0.25) is 4.79 Å². The Morgan fingerprint density at radius 1 is 1.37 bits per heavy atom. The summed E-state index contributed by atoms with van der Waals surface area (Å²) in [5, 5.41) is 0. The normalized spacial score (nSPS) is 19.8. The van der Waals surface area contributed by atoms with Crippen LogP contribution in [-0.4, -0.2) is 24.5 Å². The largest absolute Gasteiger partial charge is 0.476 e. The van der Waals surface area contributed by atoms with Crippen LogP contribution in [0, 0.1) is 5.92 Å². The van der Waals surface area contributed by atoms with Crippen molar-refractivity contribution in [2.24, 2.45) is 10.9 Å². The zero-order valence-corrected chi connectivity index (χ0v) is 11.5. The highest BCUT2D eigenvalue weighted by Crippen LogP contribution is 2.25. The van der Waals surface area contributed by atoms with Gasteiger partial charge < -0.3 is 9.47 Å². The molecule has 2 rings (SSSR count). The van der Waals surface area contributed by atoms with Gasteiger partial charge in [-0.1, -0.05) is 44.2 Å². The first kappa shape index (κ1) is 13.6. The van der Waals surface area contributed by atoms with E-state index in [1.165, 1.54) is 6.92 Å². The van der Waals surface area contributed by atoms with Gasteiger partial charge in [-0.25, -0.2) is 4.99 Å². The molecule has 0 N–H and O–H groups in total. The third kappa shape index (κ3) is 3.34. The molecule has 0 fully saturated rings. The summed E-state index contributed by atoms with van der Waals surface area (Å²) >= 11 is 0. The molecule has 1 aromatic rings. The number of carbonyl (C=O) groups excluding carboxylic acids is 1. The molecule has 1 aromatic carbocycles. The maximum absolute atomic E-state index is 11.3. The lowest BCUT2D eigenvalue weighted by Gasteiger charge is -2.16. The minimum Gasteiger partial charge on any atom is -0.476 e. The summed E-state index contributed by atoms with van der Waals surface area (Å²) in [6.45, 7) is 6.15. The van der Waals surface area contributed by atoms with Gasteiger partial charge in [0.1, 0.15) is 6.61 Å². The van der Waals surface area contributed by atoms with Crippen molar-refractivity contribution in [3.05, 3.63) is 35.9 Å². The Hall–Kier alpha value is -1.84. The van der Waals surface area contributed by atoms with Crippen LogP contribution in [0.5, 0.6) is 0 Å². The first-order valence-corrected chi connectivity index (χ1v) is 6.50. The van der Waals surface area contributed by atoms with Crippen LogP contribution in [0.3, 0.4) is 0 Å². The average molecular weight is 261 g/mol. The van der Waals surface area contributed by atoms with Gasteiger partial charge in [-0.2, -0.15) is 0 Å². The summed E-state index contributed by atoms with van der Waals surface area (Å²) < 4.78 is 11.0. The van der Waals surface area contributed by atoms with E-state index < -0.39 is 6.10 Å². The van der Waals surface area contributed by atoms with Crippen molar-refractivity contribution in [2.75, 3.05) is 6.61 Å². The molecule has 0 saturated heterocycles. The molecular formula is C15H19NO3. The molecule has 19 heavy (non-hydrogen) atoms. The Kier molecular flexibility index (Phi) is 4.20. The quantitative estimate of drug-likeness (QED) is 0.783. The van der Waals surface area contributed by atoms with Crippen molar-refractivity contribution in [3.63, 3.8) is 0 Å². The molecule has 1 heterocycles. The number of ether oxygens (including phenoxy) is 2. The number of hydrogen-bond acceptors (Lipinski definition) is 4. The van der Waals surface area contributed by atoms with Gasteiger partial charge in [-0.05, 0) is 5.92 Å². The summed E-state index contributed by atoms with van der Waals surface area (Å²) in [4.78, 5) is 15.8. The molecule has 2 atom stereocenters. The fourth-order valence-corrected chi connectivity index (χ4v) is 1.95. The summed E-state index contributed by atoms with van der Waals surface area (Å²) in [5.74, 6) is 0.569. The van der Waals surface area contributed by atoms with Gasteiger partial charge in [0.25, 0.3) is 0 Å². The number of benzene rings is 1. The minimum absolute atomic E-state index is 0.136. The van der Waals surface area contributed by atoms with Gasteiger partial charge in [0.15, 0.2) is 0 Å². The van der Waals surface area contributed by atoms with Crippen LogP contribution in [0.15, 0.2) is 35.3 Å². The van der Waals surface area contributed by atoms with Crippen LogP contribution in [-0.2, 0) is 14.3 Å². The van der Waals surface area contributed by atoms with Gasteiger partial charge in [-0.15, -0.1) is 0 Å². The first-order valence-electron chi connectivity index (χ1n) is 6.50. The Labute approximate surface area is 113 Å². The number of esters is 1. The van der Waals surface area contributed by atoms with Crippen LogP contribution in [0.1, 0.15) is 32.4 Å². The van der Waals surface area contributed by atoms with E-state index in [4.69, 9.17) is 9.47 Å². The van der Waals surface area contributed by atoms with Crippen molar-refractivity contribution in [3.8, 4) is 0 Å². The first-order chi connectivity index (χ1) is 9.08. The zero-order chi connectivity index (χ0) is 13.8. The second-order valence-electron chi connectivity index (χ2n) is 4.99. The molecule has 0 amide bonds. The summed E-state index contributed by atoms with van der Waals surface area (Å²) in [7, 11) is 0. The molecule has 0 unspecified atom stereocenters. The van der Waals surface area contributed by atoms with Crippen LogP contribution >= 0.6 is 0 Å². The summed E-state index contributed by atoms with van der Waals surface area (Å²) in [6, 6.07) is 9.67. The zero-order valence-electron chi connectivity index (χ0n) is 11.5. The highest BCUT2D eigenvalue weighted by atomic mass is 16.6. The maximum Gasteiger partial charge on any atom is 0.303 e. The lowest BCUT2D eigenvalue weighted by Crippen LogP contribution is -2.18. The van der Waals surface area contributed by atoms with E-state index in [0.717, 1.165) is 5.56 Å². The van der Waals surface area contributed by atoms with E-state index >= 15 is 0 Å². The number of nitrogens with zero attached hydrogens (tertiary/aromatic N) is 1. The summed E-state index contributed by atoms with van der Waals surface area (Å²) in [5.41, 5.74) is 0.876. The van der Waals surface area contributed by atoms with E-state index in [0.29, 0.717) is 18.4 Å². The van der Waals surface area contributed by atoms with E-state index in [1.807, 2.05) is 30.3 Å². The highest BCUT2D eigenvalue weighted by Gasteiger charge is 2.30. The van der Waals surface area contributed by atoms with Crippen molar-refractivity contribution in [2.45, 2.75) is 32.9 Å². The fourth-order valence-electron chi connectivity index (χ4n) is 1.95. The molecule has 0 spiro atoms. The van der Waals surface area contributed by atoms with Crippen molar-refractivity contribution < 1.29 is 14.3 Å². The molecule has 4 heteroatoms. The average Bonchev–Trinajstić information content (AvgIpc) is 2.86. The number of rotatable bonds is 4. The third-order valence-electron chi connectivity index (χ3n) is 3.08. The number of aliphatic imine (C=N–C) groups is 1. The Morgan fingerprint density at radius 3 is 2.58 bits per heavy atom. The predicted octanol–water partition coefficient (Wildman–Crippen LogP) is 2.74. The lowest BCUT2D eigenvalue weighted by atomic mass is 10.1. The van der Waals surface area contributed by atoms with Gasteiger partial charge in [0.2, 0.25) is 12.0 Å². The molecule has 0 aliphatic carbocycles. The topological polar surface area (TPSA) is 47.9 Å². The standard InChI is InChI=1S/C15H19NO3/c1-10(2)13-9-18-15(16-13)14(19-11(3)17)12-7-5-4-6-8-12/h4-8,10,13-14H,9H2,1-3H3/t13-,14-/m0/s1. The lowest BCUT2D eigenvalue weighted by molar-refractivity contribution is -0.144.